The van der Waals surface area contributed by atoms with Crippen molar-refractivity contribution in [2.24, 2.45) is 0 Å². The van der Waals surface area contributed by atoms with E-state index in [9.17, 15) is 9.59 Å². The molecule has 1 amide bonds. The van der Waals surface area contributed by atoms with Crippen molar-refractivity contribution in [3.63, 3.8) is 0 Å². The fourth-order valence-corrected chi connectivity index (χ4v) is 1.34. The summed E-state index contributed by atoms with van der Waals surface area (Å²) in [6.07, 6.45) is 0.527. The van der Waals surface area contributed by atoms with Crippen LogP contribution in [0.1, 0.15) is 0 Å². The zero-order valence-electron chi connectivity index (χ0n) is 7.24. The SMILES string of the molecule is O=C(O)NCCn1cc(Br)ccc1=O. The highest BCUT2D eigenvalue weighted by molar-refractivity contribution is 9.10. The Bertz CT molecular complexity index is 388. The van der Waals surface area contributed by atoms with Crippen LogP contribution in [0.15, 0.2) is 27.6 Å². The van der Waals surface area contributed by atoms with Crippen LogP contribution in [-0.2, 0) is 6.54 Å². The molecule has 0 spiro atoms. The van der Waals surface area contributed by atoms with Crippen molar-refractivity contribution in [2.45, 2.75) is 6.54 Å². The smallest absolute Gasteiger partial charge is 0.404 e. The lowest BCUT2D eigenvalue weighted by molar-refractivity contribution is 0.194. The van der Waals surface area contributed by atoms with Crippen molar-refractivity contribution in [3.8, 4) is 0 Å². The number of pyridine rings is 1. The van der Waals surface area contributed by atoms with Crippen LogP contribution < -0.4 is 10.9 Å². The number of nitrogens with one attached hydrogen (secondary N) is 1. The topological polar surface area (TPSA) is 71.3 Å². The maximum absolute atomic E-state index is 11.2. The minimum absolute atomic E-state index is 0.152. The van der Waals surface area contributed by atoms with E-state index in [2.05, 4.69) is 21.2 Å². The van der Waals surface area contributed by atoms with Gasteiger partial charge >= 0.3 is 6.09 Å². The molecule has 0 aliphatic carbocycles. The maximum atomic E-state index is 11.2. The summed E-state index contributed by atoms with van der Waals surface area (Å²) < 4.78 is 2.22. The van der Waals surface area contributed by atoms with Crippen LogP contribution in [0.2, 0.25) is 0 Å². The minimum atomic E-state index is -1.09. The number of hydrogen-bond acceptors (Lipinski definition) is 2. The summed E-state index contributed by atoms with van der Waals surface area (Å²) in [5.41, 5.74) is -0.152. The first-order valence-corrected chi connectivity index (χ1v) is 4.71. The van der Waals surface area contributed by atoms with Gasteiger partial charge in [0.1, 0.15) is 0 Å². The summed E-state index contributed by atoms with van der Waals surface area (Å²) in [4.78, 5) is 21.3. The Kier molecular flexibility index (Phi) is 3.70. The molecule has 0 bridgehead atoms. The van der Waals surface area contributed by atoms with Gasteiger partial charge in [0.2, 0.25) is 0 Å². The van der Waals surface area contributed by atoms with E-state index >= 15 is 0 Å². The Hall–Kier alpha value is -1.30. The van der Waals surface area contributed by atoms with Crippen molar-refractivity contribution in [1.29, 1.82) is 0 Å². The lowest BCUT2D eigenvalue weighted by atomic mass is 10.4. The number of carboxylic acid groups (broad SMARTS) is 1. The molecule has 0 saturated carbocycles. The van der Waals surface area contributed by atoms with Gasteiger partial charge < -0.3 is 15.0 Å². The molecule has 2 N–H and O–H groups in total. The molecular weight excluding hydrogens is 252 g/mol. The van der Waals surface area contributed by atoms with Gasteiger partial charge in [-0.15, -0.1) is 0 Å². The molecule has 0 atom stereocenters. The molecule has 1 aromatic heterocycles. The van der Waals surface area contributed by atoms with E-state index in [1.807, 2.05) is 0 Å². The third kappa shape index (κ3) is 3.21. The summed E-state index contributed by atoms with van der Waals surface area (Å²) in [5.74, 6) is 0. The summed E-state index contributed by atoms with van der Waals surface area (Å²) in [6.45, 7) is 0.538. The molecular formula is C8H9BrN2O3. The van der Waals surface area contributed by atoms with Crippen LogP contribution in [0.3, 0.4) is 0 Å². The van der Waals surface area contributed by atoms with Gasteiger partial charge in [-0.1, -0.05) is 0 Å². The van der Waals surface area contributed by atoms with Crippen LogP contribution in [0.25, 0.3) is 0 Å². The second-order valence-electron chi connectivity index (χ2n) is 2.61. The summed E-state index contributed by atoms with van der Waals surface area (Å²) in [5, 5.41) is 10.5. The first-order valence-electron chi connectivity index (χ1n) is 3.92. The minimum Gasteiger partial charge on any atom is -0.465 e. The molecule has 0 aliphatic rings. The zero-order chi connectivity index (χ0) is 10.6. The molecule has 0 fully saturated rings. The molecule has 1 heterocycles. The zero-order valence-corrected chi connectivity index (χ0v) is 8.82. The molecule has 0 radical (unpaired) electrons. The van der Waals surface area contributed by atoms with Crippen molar-refractivity contribution < 1.29 is 9.90 Å². The molecule has 76 valence electrons. The fourth-order valence-electron chi connectivity index (χ4n) is 0.960. The predicted molar refractivity (Wildman–Crippen MR) is 54.4 cm³/mol. The molecule has 6 heteroatoms. The van der Waals surface area contributed by atoms with Gasteiger partial charge in [-0.25, -0.2) is 4.79 Å². The quantitative estimate of drug-likeness (QED) is 0.848. The molecule has 1 aromatic rings. The number of hydrogen-bond donors (Lipinski definition) is 2. The number of carbonyl (C=O) groups is 1. The molecule has 14 heavy (non-hydrogen) atoms. The van der Waals surface area contributed by atoms with Gasteiger partial charge in [0.05, 0.1) is 0 Å². The average molecular weight is 261 g/mol. The lowest BCUT2D eigenvalue weighted by Gasteiger charge is -2.05. The van der Waals surface area contributed by atoms with Crippen molar-refractivity contribution in [3.05, 3.63) is 33.2 Å². The van der Waals surface area contributed by atoms with E-state index in [0.29, 0.717) is 6.54 Å². The van der Waals surface area contributed by atoms with E-state index in [1.165, 1.54) is 10.6 Å². The van der Waals surface area contributed by atoms with Crippen molar-refractivity contribution >= 4 is 22.0 Å². The number of amides is 1. The fraction of sp³-hybridized carbons (Fsp3) is 0.250. The number of nitrogens with zero attached hydrogens (tertiary/aromatic N) is 1. The Balaban J connectivity index is 2.62. The first-order chi connectivity index (χ1) is 6.59. The van der Waals surface area contributed by atoms with Gasteiger partial charge in [0, 0.05) is 29.8 Å². The summed E-state index contributed by atoms with van der Waals surface area (Å²) in [6, 6.07) is 3.06. The number of aromatic nitrogens is 1. The molecule has 0 aromatic carbocycles. The van der Waals surface area contributed by atoms with E-state index in [0.717, 1.165) is 4.47 Å². The molecule has 5 nitrogen and oxygen atoms in total. The number of halogens is 1. The highest BCUT2D eigenvalue weighted by Gasteiger charge is 1.97. The van der Waals surface area contributed by atoms with Crippen LogP contribution >= 0.6 is 15.9 Å². The Morgan fingerprint density at radius 1 is 1.57 bits per heavy atom. The summed E-state index contributed by atoms with van der Waals surface area (Å²) >= 11 is 3.22. The van der Waals surface area contributed by atoms with Crippen LogP contribution in [0.5, 0.6) is 0 Å². The number of rotatable bonds is 3. The van der Waals surface area contributed by atoms with Crippen molar-refractivity contribution in [2.75, 3.05) is 6.54 Å². The standard InChI is InChI=1S/C8H9BrN2O3/c9-6-1-2-7(12)11(5-6)4-3-10-8(13)14/h1-2,5,10H,3-4H2,(H,13,14). The maximum Gasteiger partial charge on any atom is 0.404 e. The van der Waals surface area contributed by atoms with Crippen molar-refractivity contribution in [1.82, 2.24) is 9.88 Å². The Morgan fingerprint density at radius 3 is 2.93 bits per heavy atom. The van der Waals surface area contributed by atoms with Crippen LogP contribution in [-0.4, -0.2) is 22.3 Å². The predicted octanol–water partition coefficient (Wildman–Crippen LogP) is 0.878. The van der Waals surface area contributed by atoms with Gasteiger partial charge in [0.15, 0.2) is 0 Å². The lowest BCUT2D eigenvalue weighted by Crippen LogP contribution is -2.29. The van der Waals surface area contributed by atoms with Gasteiger partial charge in [-0.2, -0.15) is 0 Å². The van der Waals surface area contributed by atoms with Crippen LogP contribution in [0, 0.1) is 0 Å². The Morgan fingerprint density at radius 2 is 2.29 bits per heavy atom. The van der Waals surface area contributed by atoms with E-state index < -0.39 is 6.09 Å². The molecule has 0 unspecified atom stereocenters. The summed E-state index contributed by atoms with van der Waals surface area (Å²) in [7, 11) is 0. The normalized spacial score (nSPS) is 9.79. The van der Waals surface area contributed by atoms with Gasteiger partial charge in [-0.3, -0.25) is 4.79 Å². The first kappa shape index (κ1) is 10.8. The molecule has 0 saturated heterocycles. The largest absolute Gasteiger partial charge is 0.465 e. The Labute approximate surface area is 88.5 Å². The average Bonchev–Trinajstić information content (AvgIpc) is 2.10. The molecule has 1 rings (SSSR count). The van der Waals surface area contributed by atoms with Crippen LogP contribution in [0.4, 0.5) is 4.79 Å². The van der Waals surface area contributed by atoms with Gasteiger partial charge in [-0.05, 0) is 22.0 Å². The monoisotopic (exact) mass is 260 g/mol. The molecule has 0 aliphatic heterocycles. The van der Waals surface area contributed by atoms with E-state index in [4.69, 9.17) is 5.11 Å². The third-order valence-electron chi connectivity index (χ3n) is 1.58. The highest BCUT2D eigenvalue weighted by Crippen LogP contribution is 2.04. The highest BCUT2D eigenvalue weighted by atomic mass is 79.9. The van der Waals surface area contributed by atoms with Gasteiger partial charge in [0.25, 0.3) is 5.56 Å². The van der Waals surface area contributed by atoms with E-state index in [1.54, 1.807) is 12.3 Å². The second kappa shape index (κ2) is 4.80. The third-order valence-corrected chi connectivity index (χ3v) is 2.05. The van der Waals surface area contributed by atoms with E-state index in [-0.39, 0.29) is 12.1 Å². The second-order valence-corrected chi connectivity index (χ2v) is 3.53.